The van der Waals surface area contributed by atoms with E-state index >= 15 is 0 Å². The van der Waals surface area contributed by atoms with Crippen LogP contribution >= 0.6 is 12.2 Å². The number of hydrogen-bond acceptors (Lipinski definition) is 5. The third-order valence-corrected chi connectivity index (χ3v) is 5.51. The van der Waals surface area contributed by atoms with E-state index in [1.165, 1.54) is 12.8 Å². The number of ether oxygens (including phenoxy) is 2. The molecule has 0 aromatic heterocycles. The van der Waals surface area contributed by atoms with Crippen LogP contribution in [0.3, 0.4) is 0 Å². The Morgan fingerprint density at radius 3 is 2.39 bits per heavy atom. The molecule has 1 heterocycles. The second kappa shape index (κ2) is 12.9. The fraction of sp³-hybridized carbons (Fsp3) is 0.400. The maximum Gasteiger partial charge on any atom is 0.257 e. The quantitative estimate of drug-likeness (QED) is 0.445. The molecule has 2 aromatic carbocycles. The maximum atomic E-state index is 12.7. The highest BCUT2D eigenvalue weighted by molar-refractivity contribution is 7.80. The number of carbonyl (C=O) groups is 2. The van der Waals surface area contributed by atoms with Crippen LogP contribution < -0.4 is 15.4 Å². The van der Waals surface area contributed by atoms with Gasteiger partial charge in [0.1, 0.15) is 12.4 Å². The topological polar surface area (TPSA) is 79.9 Å². The number of nitrogens with one attached hydrogen (secondary N) is 2. The van der Waals surface area contributed by atoms with Crippen molar-refractivity contribution in [2.45, 2.75) is 32.6 Å². The molecule has 0 unspecified atom stereocenters. The van der Waals surface area contributed by atoms with Crippen LogP contribution in [-0.4, -0.2) is 54.7 Å². The van der Waals surface area contributed by atoms with E-state index in [9.17, 15) is 9.59 Å². The molecule has 2 amide bonds. The molecule has 3 rings (SSSR count). The van der Waals surface area contributed by atoms with Crippen LogP contribution in [0.5, 0.6) is 5.75 Å². The Kier molecular flexibility index (Phi) is 9.65. The molecule has 33 heavy (non-hydrogen) atoms. The number of thiocarbonyl (C=S) groups is 1. The minimum absolute atomic E-state index is 0.0580. The van der Waals surface area contributed by atoms with Crippen molar-refractivity contribution in [1.82, 2.24) is 10.2 Å². The molecule has 0 radical (unpaired) electrons. The van der Waals surface area contributed by atoms with Crippen molar-refractivity contribution >= 4 is 34.8 Å². The Balaban J connectivity index is 1.51. The van der Waals surface area contributed by atoms with Crippen LogP contribution in [0.4, 0.5) is 5.69 Å². The SMILES string of the molecule is CCOCCOc1cccc(C(=O)NC(=S)Nc2ccc(C(=O)N3CCCCCC3)cc2)c1. The Hall–Kier alpha value is -2.97. The lowest BCUT2D eigenvalue weighted by atomic mass is 10.1. The summed E-state index contributed by atoms with van der Waals surface area (Å²) in [6, 6.07) is 14.0. The summed E-state index contributed by atoms with van der Waals surface area (Å²) >= 11 is 5.28. The lowest BCUT2D eigenvalue weighted by Gasteiger charge is -2.20. The van der Waals surface area contributed by atoms with E-state index in [-0.39, 0.29) is 16.9 Å². The van der Waals surface area contributed by atoms with Crippen molar-refractivity contribution < 1.29 is 19.1 Å². The first-order valence-corrected chi connectivity index (χ1v) is 11.8. The summed E-state index contributed by atoms with van der Waals surface area (Å²) < 4.78 is 10.8. The zero-order chi connectivity index (χ0) is 23.5. The molecule has 0 spiro atoms. The number of nitrogens with zero attached hydrogens (tertiary/aromatic N) is 1. The van der Waals surface area contributed by atoms with Gasteiger partial charge in [-0.25, -0.2) is 0 Å². The summed E-state index contributed by atoms with van der Waals surface area (Å²) in [5.41, 5.74) is 1.78. The first-order valence-electron chi connectivity index (χ1n) is 11.4. The van der Waals surface area contributed by atoms with Crippen molar-refractivity contribution in [3.63, 3.8) is 0 Å². The fourth-order valence-electron chi connectivity index (χ4n) is 3.58. The van der Waals surface area contributed by atoms with Gasteiger partial charge in [-0.2, -0.15) is 0 Å². The highest BCUT2D eigenvalue weighted by atomic mass is 32.1. The molecular weight excluding hydrogens is 438 g/mol. The second-order valence-corrected chi connectivity index (χ2v) is 8.17. The van der Waals surface area contributed by atoms with Crippen molar-refractivity contribution in [2.24, 2.45) is 0 Å². The van der Waals surface area contributed by atoms with Crippen molar-refractivity contribution in [2.75, 3.05) is 38.2 Å². The van der Waals surface area contributed by atoms with Crippen LogP contribution in [0.25, 0.3) is 0 Å². The Morgan fingerprint density at radius 1 is 0.970 bits per heavy atom. The molecular formula is C25H31N3O4S. The molecule has 1 saturated heterocycles. The van der Waals surface area contributed by atoms with E-state index in [0.717, 1.165) is 25.9 Å². The van der Waals surface area contributed by atoms with Gasteiger partial charge in [-0.1, -0.05) is 18.9 Å². The molecule has 7 nitrogen and oxygen atoms in total. The van der Waals surface area contributed by atoms with Crippen LogP contribution in [0.1, 0.15) is 53.3 Å². The number of anilines is 1. The summed E-state index contributed by atoms with van der Waals surface area (Å²) in [4.78, 5) is 27.2. The molecule has 2 aromatic rings. The third-order valence-electron chi connectivity index (χ3n) is 5.31. The largest absolute Gasteiger partial charge is 0.491 e. The number of likely N-dealkylation sites (tertiary alicyclic amines) is 1. The number of hydrogen-bond donors (Lipinski definition) is 2. The average Bonchev–Trinajstić information content (AvgIpc) is 3.12. The van der Waals surface area contributed by atoms with Crippen LogP contribution in [-0.2, 0) is 4.74 Å². The fourth-order valence-corrected chi connectivity index (χ4v) is 3.79. The zero-order valence-corrected chi connectivity index (χ0v) is 19.8. The number of amides is 2. The minimum atomic E-state index is -0.337. The van der Waals surface area contributed by atoms with E-state index in [0.29, 0.717) is 42.4 Å². The molecule has 0 bridgehead atoms. The third kappa shape index (κ3) is 7.83. The molecule has 0 aliphatic carbocycles. The van der Waals surface area contributed by atoms with E-state index in [2.05, 4.69) is 10.6 Å². The molecule has 0 atom stereocenters. The molecule has 1 fully saturated rings. The van der Waals surface area contributed by atoms with E-state index in [1.807, 2.05) is 11.8 Å². The van der Waals surface area contributed by atoms with Crippen molar-refractivity contribution in [1.29, 1.82) is 0 Å². The monoisotopic (exact) mass is 469 g/mol. The van der Waals surface area contributed by atoms with Gasteiger partial charge in [0.25, 0.3) is 11.8 Å². The molecule has 2 N–H and O–H groups in total. The van der Waals surface area contributed by atoms with E-state index < -0.39 is 0 Å². The van der Waals surface area contributed by atoms with Gasteiger partial charge in [-0.05, 0) is 74.4 Å². The number of carbonyl (C=O) groups excluding carboxylic acids is 2. The summed E-state index contributed by atoms with van der Waals surface area (Å²) in [6.45, 7) is 5.08. The lowest BCUT2D eigenvalue weighted by Crippen LogP contribution is -2.34. The van der Waals surface area contributed by atoms with Gasteiger partial charge in [0, 0.05) is 36.5 Å². The van der Waals surface area contributed by atoms with E-state index in [4.69, 9.17) is 21.7 Å². The van der Waals surface area contributed by atoms with Gasteiger partial charge in [-0.3, -0.25) is 14.9 Å². The van der Waals surface area contributed by atoms with Gasteiger partial charge < -0.3 is 19.7 Å². The number of benzene rings is 2. The van der Waals surface area contributed by atoms with E-state index in [1.54, 1.807) is 48.5 Å². The Morgan fingerprint density at radius 2 is 1.70 bits per heavy atom. The van der Waals surface area contributed by atoms with Crippen molar-refractivity contribution in [3.05, 3.63) is 59.7 Å². The molecule has 0 saturated carbocycles. The van der Waals surface area contributed by atoms with Gasteiger partial charge in [-0.15, -0.1) is 0 Å². The summed E-state index contributed by atoms with van der Waals surface area (Å²) in [5.74, 6) is 0.310. The van der Waals surface area contributed by atoms with Crippen LogP contribution in [0, 0.1) is 0 Å². The summed E-state index contributed by atoms with van der Waals surface area (Å²) in [6.07, 6.45) is 4.48. The van der Waals surface area contributed by atoms with Crippen LogP contribution in [0.15, 0.2) is 48.5 Å². The van der Waals surface area contributed by atoms with Gasteiger partial charge >= 0.3 is 0 Å². The predicted octanol–water partition coefficient (Wildman–Crippen LogP) is 4.24. The maximum absolute atomic E-state index is 12.7. The van der Waals surface area contributed by atoms with Gasteiger partial charge in [0.15, 0.2) is 5.11 Å². The smallest absolute Gasteiger partial charge is 0.257 e. The second-order valence-electron chi connectivity index (χ2n) is 7.77. The summed E-state index contributed by atoms with van der Waals surface area (Å²) in [5, 5.41) is 5.83. The molecule has 176 valence electrons. The lowest BCUT2D eigenvalue weighted by molar-refractivity contribution is 0.0761. The predicted molar refractivity (Wildman–Crippen MR) is 133 cm³/mol. The molecule has 1 aliphatic heterocycles. The first-order chi connectivity index (χ1) is 16.1. The molecule has 8 heteroatoms. The first kappa shape index (κ1) is 24.7. The summed E-state index contributed by atoms with van der Waals surface area (Å²) in [7, 11) is 0. The molecule has 1 aliphatic rings. The minimum Gasteiger partial charge on any atom is -0.491 e. The van der Waals surface area contributed by atoms with Gasteiger partial charge in [0.05, 0.1) is 6.61 Å². The standard InChI is InChI=1S/C25H31N3O4S/c1-2-31-16-17-32-22-9-7-8-20(18-22)23(29)27-25(33)26-21-12-10-19(11-13-21)24(30)28-14-5-3-4-6-15-28/h7-13,18H,2-6,14-17H2,1H3,(H2,26,27,29,33). The normalized spacial score (nSPS) is 13.7. The van der Waals surface area contributed by atoms with Gasteiger partial charge in [0.2, 0.25) is 0 Å². The average molecular weight is 470 g/mol. The Bertz CT molecular complexity index is 941. The Labute approximate surface area is 200 Å². The van der Waals surface area contributed by atoms with Crippen LogP contribution in [0.2, 0.25) is 0 Å². The highest BCUT2D eigenvalue weighted by Crippen LogP contribution is 2.16. The number of rotatable bonds is 8. The highest BCUT2D eigenvalue weighted by Gasteiger charge is 2.17. The van der Waals surface area contributed by atoms with Crippen molar-refractivity contribution in [3.8, 4) is 5.75 Å². The zero-order valence-electron chi connectivity index (χ0n) is 19.0.